The van der Waals surface area contributed by atoms with Gasteiger partial charge in [-0.25, -0.2) is 0 Å². The molecule has 2 aliphatic rings. The summed E-state index contributed by atoms with van der Waals surface area (Å²) >= 11 is 0. The van der Waals surface area contributed by atoms with Crippen molar-refractivity contribution in [3.8, 4) is 0 Å². The molecule has 1 N–H and O–H groups in total. The zero-order chi connectivity index (χ0) is 10.3. The van der Waals surface area contributed by atoms with Crippen LogP contribution in [-0.4, -0.2) is 11.0 Å². The van der Waals surface area contributed by atoms with Gasteiger partial charge in [-0.05, 0) is 37.8 Å². The van der Waals surface area contributed by atoms with Crippen molar-refractivity contribution in [2.45, 2.75) is 25.8 Å². The Hall–Kier alpha value is -1.31. The van der Waals surface area contributed by atoms with E-state index in [4.69, 9.17) is 0 Å². The molecule has 1 fully saturated rings. The number of hydrogen-bond acceptors (Lipinski definition) is 2. The van der Waals surface area contributed by atoms with Gasteiger partial charge in [-0.3, -0.25) is 4.98 Å². The maximum absolute atomic E-state index is 4.30. The molecule has 0 saturated heterocycles. The second-order valence-electron chi connectivity index (χ2n) is 4.68. The second-order valence-corrected chi connectivity index (χ2v) is 4.68. The first-order valence-corrected chi connectivity index (χ1v) is 5.69. The smallest absolute Gasteiger partial charge is 0.0529 e. The van der Waals surface area contributed by atoms with Gasteiger partial charge in [0.1, 0.15) is 0 Å². The Kier molecular flexibility index (Phi) is 2.01. The third kappa shape index (κ3) is 1.54. The van der Waals surface area contributed by atoms with E-state index >= 15 is 0 Å². The van der Waals surface area contributed by atoms with Crippen LogP contribution >= 0.6 is 0 Å². The molecule has 0 aromatic carbocycles. The Morgan fingerprint density at radius 3 is 3.07 bits per heavy atom. The van der Waals surface area contributed by atoms with Crippen LogP contribution in [0.2, 0.25) is 0 Å². The lowest BCUT2D eigenvalue weighted by molar-refractivity contribution is 0.218. The Balaban J connectivity index is 1.66. The summed E-state index contributed by atoms with van der Waals surface area (Å²) in [6, 6.07) is 4.82. The van der Waals surface area contributed by atoms with Crippen molar-refractivity contribution in [1.29, 1.82) is 0 Å². The summed E-state index contributed by atoms with van der Waals surface area (Å²) in [5.74, 6) is 1.69. The highest BCUT2D eigenvalue weighted by atomic mass is 15.0. The molecule has 2 heteroatoms. The van der Waals surface area contributed by atoms with Crippen molar-refractivity contribution in [2.24, 2.45) is 11.8 Å². The molecule has 1 saturated carbocycles. The van der Waals surface area contributed by atoms with Crippen LogP contribution in [0.1, 0.15) is 18.5 Å². The number of rotatable bonds is 2. The average molecular weight is 200 g/mol. The maximum atomic E-state index is 4.30. The largest absolute Gasteiger partial charge is 0.380 e. The number of anilines is 1. The monoisotopic (exact) mass is 200 g/mol. The second kappa shape index (κ2) is 3.37. The Morgan fingerprint density at radius 2 is 2.33 bits per heavy atom. The quantitative estimate of drug-likeness (QED) is 0.742. The van der Waals surface area contributed by atoms with Crippen LogP contribution in [0.4, 0.5) is 5.69 Å². The first-order chi connectivity index (χ1) is 7.33. The summed E-state index contributed by atoms with van der Waals surface area (Å²) in [5.41, 5.74) is 2.23. The molecule has 0 amide bonds. The van der Waals surface area contributed by atoms with Crippen molar-refractivity contribution in [2.75, 3.05) is 5.32 Å². The number of hydrogen-bond donors (Lipinski definition) is 1. The van der Waals surface area contributed by atoms with E-state index in [2.05, 4.69) is 34.6 Å². The van der Waals surface area contributed by atoms with Crippen LogP contribution in [0.15, 0.2) is 30.5 Å². The van der Waals surface area contributed by atoms with Crippen molar-refractivity contribution < 1.29 is 0 Å². The molecule has 0 bridgehead atoms. The van der Waals surface area contributed by atoms with E-state index in [1.54, 1.807) is 0 Å². The van der Waals surface area contributed by atoms with Gasteiger partial charge in [0.05, 0.1) is 11.9 Å². The van der Waals surface area contributed by atoms with E-state index in [1.807, 2.05) is 13.1 Å². The van der Waals surface area contributed by atoms with E-state index in [1.165, 1.54) is 12.8 Å². The Bertz CT molecular complexity index is 380. The van der Waals surface area contributed by atoms with Gasteiger partial charge in [-0.15, -0.1) is 0 Å². The fraction of sp³-hybridized carbons (Fsp3) is 0.462. The molecule has 2 nitrogen and oxygen atoms in total. The predicted molar refractivity (Wildman–Crippen MR) is 61.7 cm³/mol. The standard InChI is InChI=1S/C13H16N2/c1-9-5-6-11(8-14-9)15-13-7-10-3-2-4-12(10)13/h2,4-6,8,10,12-13,15H,3,7H2,1H3. The molecule has 0 radical (unpaired) electrons. The first-order valence-electron chi connectivity index (χ1n) is 5.69. The number of fused-ring (bicyclic) bond motifs is 1. The SMILES string of the molecule is Cc1ccc(NC2CC3CC=CC32)cn1. The summed E-state index contributed by atoms with van der Waals surface area (Å²) in [5, 5.41) is 3.56. The van der Waals surface area contributed by atoms with Crippen LogP contribution in [0.25, 0.3) is 0 Å². The lowest BCUT2D eigenvalue weighted by Gasteiger charge is -2.41. The molecule has 1 heterocycles. The first kappa shape index (κ1) is 8.96. The number of nitrogens with zero attached hydrogens (tertiary/aromatic N) is 1. The summed E-state index contributed by atoms with van der Waals surface area (Å²) in [4.78, 5) is 4.30. The van der Waals surface area contributed by atoms with Gasteiger partial charge < -0.3 is 5.32 Å². The fourth-order valence-corrected chi connectivity index (χ4v) is 2.65. The minimum absolute atomic E-state index is 0.637. The van der Waals surface area contributed by atoms with Crippen molar-refractivity contribution in [1.82, 2.24) is 4.98 Å². The topological polar surface area (TPSA) is 24.9 Å². The number of nitrogens with one attached hydrogen (secondary N) is 1. The number of aromatic nitrogens is 1. The van der Waals surface area contributed by atoms with Gasteiger partial charge >= 0.3 is 0 Å². The molecule has 3 unspecified atom stereocenters. The van der Waals surface area contributed by atoms with E-state index in [-0.39, 0.29) is 0 Å². The summed E-state index contributed by atoms with van der Waals surface area (Å²) in [7, 11) is 0. The van der Waals surface area contributed by atoms with E-state index in [0.717, 1.165) is 23.2 Å². The number of aryl methyl sites for hydroxylation is 1. The highest BCUT2D eigenvalue weighted by Crippen LogP contribution is 2.43. The molecule has 1 aromatic rings. The predicted octanol–water partition coefficient (Wildman–Crippen LogP) is 2.77. The zero-order valence-corrected chi connectivity index (χ0v) is 8.98. The molecule has 0 spiro atoms. The zero-order valence-electron chi connectivity index (χ0n) is 8.98. The molecule has 78 valence electrons. The minimum Gasteiger partial charge on any atom is -0.380 e. The normalized spacial score (nSPS) is 32.2. The van der Waals surface area contributed by atoms with Crippen molar-refractivity contribution in [3.05, 3.63) is 36.2 Å². The third-order valence-corrected chi connectivity index (χ3v) is 3.63. The van der Waals surface area contributed by atoms with Crippen molar-refractivity contribution in [3.63, 3.8) is 0 Å². The van der Waals surface area contributed by atoms with E-state index in [0.29, 0.717) is 6.04 Å². The van der Waals surface area contributed by atoms with Gasteiger partial charge in [0.2, 0.25) is 0 Å². The number of allylic oxidation sites excluding steroid dienone is 1. The van der Waals surface area contributed by atoms with E-state index < -0.39 is 0 Å². The molecule has 0 aliphatic heterocycles. The molecule has 2 aliphatic carbocycles. The Labute approximate surface area is 90.4 Å². The molecule has 1 aromatic heterocycles. The van der Waals surface area contributed by atoms with Crippen LogP contribution < -0.4 is 5.32 Å². The Morgan fingerprint density at radius 1 is 1.40 bits per heavy atom. The van der Waals surface area contributed by atoms with E-state index in [9.17, 15) is 0 Å². The van der Waals surface area contributed by atoms with Gasteiger partial charge in [0.15, 0.2) is 0 Å². The maximum Gasteiger partial charge on any atom is 0.0529 e. The summed E-state index contributed by atoms with van der Waals surface area (Å²) in [6.45, 7) is 2.02. The summed E-state index contributed by atoms with van der Waals surface area (Å²) < 4.78 is 0. The van der Waals surface area contributed by atoms with Gasteiger partial charge in [-0.1, -0.05) is 12.2 Å². The molecular weight excluding hydrogens is 184 g/mol. The molecule has 15 heavy (non-hydrogen) atoms. The lowest BCUT2D eigenvalue weighted by Crippen LogP contribution is -2.43. The van der Waals surface area contributed by atoms with Gasteiger partial charge in [0, 0.05) is 17.7 Å². The van der Waals surface area contributed by atoms with Crippen LogP contribution in [0.5, 0.6) is 0 Å². The average Bonchev–Trinajstić information content (AvgIpc) is 2.59. The third-order valence-electron chi connectivity index (χ3n) is 3.63. The lowest BCUT2D eigenvalue weighted by atomic mass is 9.71. The van der Waals surface area contributed by atoms with Crippen molar-refractivity contribution >= 4 is 5.69 Å². The minimum atomic E-state index is 0.637. The van der Waals surface area contributed by atoms with Crippen LogP contribution in [-0.2, 0) is 0 Å². The van der Waals surface area contributed by atoms with Gasteiger partial charge in [0.25, 0.3) is 0 Å². The summed E-state index contributed by atoms with van der Waals surface area (Å²) in [6.07, 6.45) is 9.22. The fourth-order valence-electron chi connectivity index (χ4n) is 2.65. The van der Waals surface area contributed by atoms with Gasteiger partial charge in [-0.2, -0.15) is 0 Å². The highest BCUT2D eigenvalue weighted by Gasteiger charge is 2.40. The molecule has 3 atom stereocenters. The van der Waals surface area contributed by atoms with Crippen LogP contribution in [0.3, 0.4) is 0 Å². The number of pyridine rings is 1. The molecular formula is C13H16N2. The molecule has 3 rings (SSSR count). The highest BCUT2D eigenvalue weighted by molar-refractivity contribution is 5.43. The van der Waals surface area contributed by atoms with Crippen LogP contribution in [0, 0.1) is 18.8 Å².